The van der Waals surface area contributed by atoms with Crippen molar-refractivity contribution >= 4 is 28.7 Å². The van der Waals surface area contributed by atoms with Gasteiger partial charge in [0, 0.05) is 16.8 Å². The van der Waals surface area contributed by atoms with Gasteiger partial charge in [0.05, 0.1) is 4.92 Å². The number of anilines is 2. The summed E-state index contributed by atoms with van der Waals surface area (Å²) < 4.78 is 0. The van der Waals surface area contributed by atoms with Crippen molar-refractivity contribution in [1.29, 1.82) is 0 Å². The van der Waals surface area contributed by atoms with Crippen LogP contribution in [-0.2, 0) is 6.54 Å². The molecule has 0 bridgehead atoms. The van der Waals surface area contributed by atoms with Gasteiger partial charge in [-0.3, -0.25) is 10.1 Å². The van der Waals surface area contributed by atoms with E-state index in [9.17, 15) is 15.0 Å². The minimum absolute atomic E-state index is 0.00933. The van der Waals surface area contributed by atoms with Crippen molar-refractivity contribution in [1.82, 2.24) is 0 Å². The second kappa shape index (κ2) is 6.12. The predicted octanol–water partition coefficient (Wildman–Crippen LogP) is 4.26. The molecule has 2 aromatic carbocycles. The van der Waals surface area contributed by atoms with Crippen molar-refractivity contribution in [2.45, 2.75) is 6.54 Å². The maximum Gasteiger partial charge on any atom is 0.292 e. The van der Waals surface area contributed by atoms with Gasteiger partial charge in [-0.1, -0.05) is 35.0 Å². The van der Waals surface area contributed by atoms with E-state index in [1.807, 2.05) is 0 Å². The molecule has 0 saturated heterocycles. The van der Waals surface area contributed by atoms with Crippen LogP contribution in [0.4, 0.5) is 17.1 Å². The van der Waals surface area contributed by atoms with E-state index in [4.69, 9.17) is 11.6 Å². The van der Waals surface area contributed by atoms with Crippen LogP contribution in [-0.4, -0.2) is 4.92 Å². The second-order valence-electron chi connectivity index (χ2n) is 3.99. The van der Waals surface area contributed by atoms with Gasteiger partial charge in [-0.25, -0.2) is 0 Å². The molecular weight excluding hydrogens is 282 g/mol. The third kappa shape index (κ3) is 3.10. The minimum atomic E-state index is -0.464. The van der Waals surface area contributed by atoms with E-state index in [0.29, 0.717) is 22.0 Å². The fourth-order valence-corrected chi connectivity index (χ4v) is 1.96. The Labute approximate surface area is 119 Å². The summed E-state index contributed by atoms with van der Waals surface area (Å²) in [6.45, 7) is -0.00933. The number of hydrogen-bond donors (Lipinski definition) is 1. The molecule has 2 aromatic rings. The Balaban J connectivity index is 2.29. The van der Waals surface area contributed by atoms with Crippen LogP contribution in [0.2, 0.25) is 5.02 Å². The number of nitrogens with zero attached hydrogens (tertiary/aromatic N) is 2. The van der Waals surface area contributed by atoms with Crippen molar-refractivity contribution in [3.63, 3.8) is 0 Å². The van der Waals surface area contributed by atoms with Crippen LogP contribution in [0.15, 0.2) is 47.6 Å². The molecule has 0 atom stereocenters. The predicted molar refractivity (Wildman–Crippen MR) is 77.3 cm³/mol. The number of benzene rings is 2. The Morgan fingerprint density at radius 1 is 1.25 bits per heavy atom. The Bertz CT molecular complexity index is 661. The highest BCUT2D eigenvalue weighted by Crippen LogP contribution is 2.29. The fraction of sp³-hybridized carbons (Fsp3) is 0.0769. The van der Waals surface area contributed by atoms with Crippen molar-refractivity contribution in [3.05, 3.63) is 68.1 Å². The molecule has 102 valence electrons. The summed E-state index contributed by atoms with van der Waals surface area (Å²) in [7, 11) is 0. The molecule has 6 nitrogen and oxygen atoms in total. The molecule has 0 saturated carbocycles. The fourth-order valence-electron chi connectivity index (χ4n) is 1.72. The van der Waals surface area contributed by atoms with E-state index < -0.39 is 4.92 Å². The maximum absolute atomic E-state index is 10.9. The molecular formula is C13H10ClN3O3. The smallest absolute Gasteiger partial charge is 0.292 e. The quantitative estimate of drug-likeness (QED) is 0.507. The van der Waals surface area contributed by atoms with Gasteiger partial charge in [-0.05, 0) is 23.8 Å². The normalized spacial score (nSPS) is 10.1. The standard InChI is InChI=1S/C13H10ClN3O3/c14-11-7-10(6-5-9(11)8-15-18)16-12-3-1-2-4-13(12)17(19)20/h1-7,16H,8H2. The lowest BCUT2D eigenvalue weighted by Gasteiger charge is -2.08. The second-order valence-corrected chi connectivity index (χ2v) is 4.40. The van der Waals surface area contributed by atoms with Gasteiger partial charge in [-0.15, -0.1) is 0 Å². The van der Waals surface area contributed by atoms with Crippen molar-refractivity contribution in [2.24, 2.45) is 5.18 Å². The van der Waals surface area contributed by atoms with Crippen LogP contribution in [0.3, 0.4) is 0 Å². The summed E-state index contributed by atoms with van der Waals surface area (Å²) in [5.74, 6) is 0. The molecule has 0 unspecified atom stereocenters. The SMILES string of the molecule is O=NCc1ccc(Nc2ccccc2[N+](=O)[O-])cc1Cl. The summed E-state index contributed by atoms with van der Waals surface area (Å²) in [4.78, 5) is 20.7. The number of hydrogen-bond acceptors (Lipinski definition) is 5. The number of rotatable bonds is 5. The zero-order chi connectivity index (χ0) is 14.5. The number of nitro groups is 1. The van der Waals surface area contributed by atoms with Crippen LogP contribution in [0.25, 0.3) is 0 Å². The maximum atomic E-state index is 10.9. The van der Waals surface area contributed by atoms with E-state index in [-0.39, 0.29) is 12.2 Å². The van der Waals surface area contributed by atoms with Crippen molar-refractivity contribution in [2.75, 3.05) is 5.32 Å². The van der Waals surface area contributed by atoms with Gasteiger partial charge in [-0.2, -0.15) is 4.91 Å². The third-order valence-corrected chi connectivity index (χ3v) is 3.02. The first-order chi connectivity index (χ1) is 9.61. The van der Waals surface area contributed by atoms with Crippen LogP contribution in [0.5, 0.6) is 0 Å². The molecule has 2 rings (SSSR count). The molecule has 0 spiro atoms. The van der Waals surface area contributed by atoms with E-state index in [1.165, 1.54) is 6.07 Å². The van der Waals surface area contributed by atoms with Crippen LogP contribution in [0.1, 0.15) is 5.56 Å². The first-order valence-electron chi connectivity index (χ1n) is 5.70. The zero-order valence-electron chi connectivity index (χ0n) is 10.2. The molecule has 0 heterocycles. The molecule has 0 aromatic heterocycles. The van der Waals surface area contributed by atoms with Crippen LogP contribution < -0.4 is 5.32 Å². The van der Waals surface area contributed by atoms with Gasteiger partial charge < -0.3 is 5.32 Å². The molecule has 0 fully saturated rings. The van der Waals surface area contributed by atoms with Gasteiger partial charge in [0.15, 0.2) is 0 Å². The highest BCUT2D eigenvalue weighted by Gasteiger charge is 2.12. The van der Waals surface area contributed by atoms with Crippen molar-refractivity contribution < 1.29 is 4.92 Å². The van der Waals surface area contributed by atoms with E-state index in [2.05, 4.69) is 10.5 Å². The first kappa shape index (κ1) is 14.0. The molecule has 0 radical (unpaired) electrons. The molecule has 0 amide bonds. The first-order valence-corrected chi connectivity index (χ1v) is 6.07. The lowest BCUT2D eigenvalue weighted by molar-refractivity contribution is -0.383. The summed E-state index contributed by atoms with van der Waals surface area (Å²) in [5, 5.41) is 17.0. The summed E-state index contributed by atoms with van der Waals surface area (Å²) in [5.41, 5.74) is 1.55. The third-order valence-electron chi connectivity index (χ3n) is 2.67. The van der Waals surface area contributed by atoms with Gasteiger partial charge in [0.2, 0.25) is 0 Å². The monoisotopic (exact) mass is 291 g/mol. The lowest BCUT2D eigenvalue weighted by atomic mass is 10.2. The average Bonchev–Trinajstić information content (AvgIpc) is 2.42. The Morgan fingerprint density at radius 3 is 2.65 bits per heavy atom. The molecule has 0 aliphatic heterocycles. The molecule has 0 aliphatic rings. The topological polar surface area (TPSA) is 84.6 Å². The number of para-hydroxylation sites is 2. The molecule has 7 heteroatoms. The Hall–Kier alpha value is -2.47. The number of nitrogens with one attached hydrogen (secondary N) is 1. The molecule has 0 aliphatic carbocycles. The Kier molecular flexibility index (Phi) is 4.27. The minimum Gasteiger partial charge on any atom is -0.350 e. The largest absolute Gasteiger partial charge is 0.350 e. The van der Waals surface area contributed by atoms with Gasteiger partial charge >= 0.3 is 0 Å². The van der Waals surface area contributed by atoms with Gasteiger partial charge in [0.1, 0.15) is 12.2 Å². The van der Waals surface area contributed by atoms with E-state index >= 15 is 0 Å². The van der Waals surface area contributed by atoms with E-state index in [1.54, 1.807) is 36.4 Å². The number of nitro benzene ring substituents is 1. The zero-order valence-corrected chi connectivity index (χ0v) is 11.0. The summed E-state index contributed by atoms with van der Waals surface area (Å²) in [6.07, 6.45) is 0. The Morgan fingerprint density at radius 2 is 2.00 bits per heavy atom. The average molecular weight is 292 g/mol. The highest BCUT2D eigenvalue weighted by molar-refractivity contribution is 6.31. The van der Waals surface area contributed by atoms with Crippen LogP contribution in [0, 0.1) is 15.0 Å². The summed E-state index contributed by atoms with van der Waals surface area (Å²) in [6, 6.07) is 11.2. The number of nitroso groups, excluding NO2 is 1. The molecule has 1 N–H and O–H groups in total. The van der Waals surface area contributed by atoms with Crippen molar-refractivity contribution in [3.8, 4) is 0 Å². The molecule has 20 heavy (non-hydrogen) atoms. The van der Waals surface area contributed by atoms with Gasteiger partial charge in [0.25, 0.3) is 5.69 Å². The van der Waals surface area contributed by atoms with E-state index in [0.717, 1.165) is 0 Å². The summed E-state index contributed by atoms with van der Waals surface area (Å²) >= 11 is 6.00. The number of halogens is 1. The van der Waals surface area contributed by atoms with Crippen LogP contribution >= 0.6 is 11.6 Å². The highest BCUT2D eigenvalue weighted by atomic mass is 35.5. The lowest BCUT2D eigenvalue weighted by Crippen LogP contribution is -1.97.